The molecule has 1 aromatic heterocycles. The number of carbonyl (C=O) groups excluding carboxylic acids is 2. The number of hydrogen-bond donors (Lipinski definition) is 1. The summed E-state index contributed by atoms with van der Waals surface area (Å²) in [5, 5.41) is 6.64. The monoisotopic (exact) mass is 272 g/mol. The topological polar surface area (TPSA) is 88.3 Å². The molecule has 2 aromatic rings. The molecule has 3 rings (SSSR count). The van der Waals surface area contributed by atoms with Crippen molar-refractivity contribution in [1.82, 2.24) is 20.4 Å². The van der Waals surface area contributed by atoms with Crippen LogP contribution in [0.4, 0.5) is 0 Å². The Morgan fingerprint density at radius 2 is 1.85 bits per heavy atom. The average molecular weight is 272 g/mol. The van der Waals surface area contributed by atoms with Crippen molar-refractivity contribution in [3.63, 3.8) is 0 Å². The second-order valence-corrected chi connectivity index (χ2v) is 4.38. The van der Waals surface area contributed by atoms with Crippen LogP contribution < -0.4 is 5.32 Å². The summed E-state index contributed by atoms with van der Waals surface area (Å²) in [7, 11) is 1.76. The van der Waals surface area contributed by atoms with Crippen molar-refractivity contribution in [2.75, 3.05) is 7.05 Å². The highest BCUT2D eigenvalue weighted by atomic mass is 16.5. The molecule has 0 radical (unpaired) electrons. The fraction of sp³-hybridized carbons (Fsp3) is 0.231. The zero-order valence-corrected chi connectivity index (χ0v) is 10.8. The van der Waals surface area contributed by atoms with Gasteiger partial charge in [0.2, 0.25) is 5.89 Å². The molecule has 0 atom stereocenters. The van der Waals surface area contributed by atoms with Crippen LogP contribution in [-0.4, -0.2) is 33.9 Å². The second-order valence-electron chi connectivity index (χ2n) is 4.38. The van der Waals surface area contributed by atoms with E-state index in [0.717, 1.165) is 4.90 Å². The second kappa shape index (κ2) is 4.86. The van der Waals surface area contributed by atoms with E-state index in [2.05, 4.69) is 15.5 Å². The lowest BCUT2D eigenvalue weighted by Crippen LogP contribution is -2.29. The number of hydrogen-bond acceptors (Lipinski definition) is 6. The van der Waals surface area contributed by atoms with Crippen LogP contribution in [0.25, 0.3) is 0 Å². The van der Waals surface area contributed by atoms with Crippen molar-refractivity contribution in [1.29, 1.82) is 0 Å². The Bertz CT molecular complexity index is 645. The van der Waals surface area contributed by atoms with Gasteiger partial charge in [-0.2, -0.15) is 4.98 Å². The van der Waals surface area contributed by atoms with Crippen LogP contribution in [-0.2, 0) is 13.1 Å². The summed E-state index contributed by atoms with van der Waals surface area (Å²) in [6.45, 7) is 0.453. The van der Waals surface area contributed by atoms with Gasteiger partial charge in [0, 0.05) is 0 Å². The van der Waals surface area contributed by atoms with Crippen molar-refractivity contribution < 1.29 is 14.1 Å². The average Bonchev–Trinajstić information content (AvgIpc) is 2.99. The van der Waals surface area contributed by atoms with Gasteiger partial charge in [0.05, 0.1) is 24.2 Å². The van der Waals surface area contributed by atoms with Crippen LogP contribution in [0.1, 0.15) is 32.4 Å². The van der Waals surface area contributed by atoms with E-state index in [1.165, 1.54) is 0 Å². The lowest BCUT2D eigenvalue weighted by molar-refractivity contribution is 0.0637. The Morgan fingerprint density at radius 1 is 1.20 bits per heavy atom. The first-order valence-electron chi connectivity index (χ1n) is 6.12. The van der Waals surface area contributed by atoms with Gasteiger partial charge in [-0.15, -0.1) is 0 Å². The van der Waals surface area contributed by atoms with Gasteiger partial charge >= 0.3 is 0 Å². The van der Waals surface area contributed by atoms with Gasteiger partial charge in [-0.25, -0.2) is 0 Å². The summed E-state index contributed by atoms with van der Waals surface area (Å²) in [4.78, 5) is 29.5. The van der Waals surface area contributed by atoms with Crippen molar-refractivity contribution in [3.8, 4) is 0 Å². The fourth-order valence-corrected chi connectivity index (χ4v) is 2.10. The lowest BCUT2D eigenvalue weighted by Gasteiger charge is -2.10. The van der Waals surface area contributed by atoms with E-state index in [1.54, 1.807) is 31.3 Å². The summed E-state index contributed by atoms with van der Waals surface area (Å²) in [5.74, 6) is 0.0694. The molecule has 1 N–H and O–H groups in total. The van der Waals surface area contributed by atoms with Crippen LogP contribution >= 0.6 is 0 Å². The Balaban J connectivity index is 1.82. The number of nitrogens with one attached hydrogen (secondary N) is 1. The minimum Gasteiger partial charge on any atom is -0.338 e. The first-order chi connectivity index (χ1) is 9.70. The van der Waals surface area contributed by atoms with E-state index in [9.17, 15) is 9.59 Å². The SMILES string of the molecule is CNCc1nc(CN2C(=O)c3ccccc3C2=O)no1. The Kier molecular flexibility index (Phi) is 3.03. The highest BCUT2D eigenvalue weighted by molar-refractivity contribution is 6.21. The van der Waals surface area contributed by atoms with Gasteiger partial charge < -0.3 is 9.84 Å². The quantitative estimate of drug-likeness (QED) is 0.819. The Labute approximate surface area is 114 Å². The number of carbonyl (C=O) groups is 2. The third-order valence-corrected chi connectivity index (χ3v) is 3.02. The Morgan fingerprint density at radius 3 is 2.45 bits per heavy atom. The molecule has 2 amide bonds. The van der Waals surface area contributed by atoms with E-state index in [-0.39, 0.29) is 18.4 Å². The van der Waals surface area contributed by atoms with Crippen LogP contribution in [0.3, 0.4) is 0 Å². The highest BCUT2D eigenvalue weighted by Crippen LogP contribution is 2.23. The summed E-state index contributed by atoms with van der Waals surface area (Å²) < 4.78 is 4.99. The van der Waals surface area contributed by atoms with Gasteiger partial charge in [-0.05, 0) is 19.2 Å². The molecule has 1 aromatic carbocycles. The predicted octanol–water partition coefficient (Wildman–Crippen LogP) is 0.585. The molecule has 102 valence electrons. The van der Waals surface area contributed by atoms with E-state index in [0.29, 0.717) is 29.4 Å². The molecular weight excluding hydrogens is 260 g/mol. The van der Waals surface area contributed by atoms with Crippen molar-refractivity contribution in [2.45, 2.75) is 13.1 Å². The number of nitrogens with zero attached hydrogens (tertiary/aromatic N) is 3. The molecule has 0 unspecified atom stereocenters. The molecule has 1 aliphatic rings. The van der Waals surface area contributed by atoms with Crippen LogP contribution in [0.2, 0.25) is 0 Å². The number of rotatable bonds is 4. The molecule has 0 aliphatic carbocycles. The summed E-state index contributed by atoms with van der Waals surface area (Å²) in [5.41, 5.74) is 0.827. The van der Waals surface area contributed by atoms with Gasteiger partial charge in [-0.1, -0.05) is 17.3 Å². The van der Waals surface area contributed by atoms with Crippen molar-refractivity contribution in [3.05, 3.63) is 47.1 Å². The molecule has 0 bridgehead atoms. The molecule has 1 aliphatic heterocycles. The van der Waals surface area contributed by atoms with E-state index in [4.69, 9.17) is 4.52 Å². The van der Waals surface area contributed by atoms with Crippen molar-refractivity contribution >= 4 is 11.8 Å². The largest absolute Gasteiger partial charge is 0.338 e. The molecule has 7 heteroatoms. The maximum atomic E-state index is 12.2. The van der Waals surface area contributed by atoms with Gasteiger partial charge in [0.25, 0.3) is 11.8 Å². The lowest BCUT2D eigenvalue weighted by atomic mass is 10.1. The van der Waals surface area contributed by atoms with Gasteiger partial charge in [0.15, 0.2) is 5.82 Å². The summed E-state index contributed by atoms with van der Waals surface area (Å²) in [6, 6.07) is 6.73. The first kappa shape index (κ1) is 12.5. The molecule has 20 heavy (non-hydrogen) atoms. The highest BCUT2D eigenvalue weighted by Gasteiger charge is 2.35. The number of aromatic nitrogens is 2. The predicted molar refractivity (Wildman–Crippen MR) is 67.7 cm³/mol. The molecule has 0 spiro atoms. The molecule has 7 nitrogen and oxygen atoms in total. The van der Waals surface area contributed by atoms with Crippen LogP contribution in [0.5, 0.6) is 0 Å². The smallest absolute Gasteiger partial charge is 0.261 e. The standard InChI is InChI=1S/C13H12N4O3/c1-14-6-11-15-10(16-20-11)7-17-12(18)8-4-2-3-5-9(8)13(17)19/h2-5,14H,6-7H2,1H3. The number of amides is 2. The maximum absolute atomic E-state index is 12.2. The van der Waals surface area contributed by atoms with E-state index >= 15 is 0 Å². The van der Waals surface area contributed by atoms with E-state index in [1.807, 2.05) is 0 Å². The Hall–Kier alpha value is -2.54. The summed E-state index contributed by atoms with van der Waals surface area (Å²) in [6.07, 6.45) is 0. The fourth-order valence-electron chi connectivity index (χ4n) is 2.10. The minimum atomic E-state index is -0.328. The van der Waals surface area contributed by atoms with Gasteiger partial charge in [-0.3, -0.25) is 14.5 Å². The molecule has 0 fully saturated rings. The zero-order chi connectivity index (χ0) is 14.1. The zero-order valence-electron chi connectivity index (χ0n) is 10.8. The van der Waals surface area contributed by atoms with Crippen LogP contribution in [0, 0.1) is 0 Å². The minimum absolute atomic E-state index is 0.0135. The number of fused-ring (bicyclic) bond motifs is 1. The van der Waals surface area contributed by atoms with Crippen LogP contribution in [0.15, 0.2) is 28.8 Å². The molecule has 0 saturated heterocycles. The summed E-state index contributed by atoms with van der Waals surface area (Å²) >= 11 is 0. The van der Waals surface area contributed by atoms with E-state index < -0.39 is 0 Å². The maximum Gasteiger partial charge on any atom is 0.261 e. The molecule has 2 heterocycles. The molecular formula is C13H12N4O3. The third kappa shape index (κ3) is 1.97. The number of benzene rings is 1. The number of imide groups is 1. The first-order valence-corrected chi connectivity index (χ1v) is 6.12. The van der Waals surface area contributed by atoms with Crippen molar-refractivity contribution in [2.24, 2.45) is 0 Å². The normalized spacial score (nSPS) is 13.9. The third-order valence-electron chi connectivity index (χ3n) is 3.02. The molecule has 0 saturated carbocycles. The van der Waals surface area contributed by atoms with Gasteiger partial charge in [0.1, 0.15) is 0 Å².